The Morgan fingerprint density at radius 2 is 2.00 bits per heavy atom. The number of aliphatic imine (C=N–C) groups is 1. The molecule has 190 valence electrons. The van der Waals surface area contributed by atoms with Crippen molar-refractivity contribution in [3.05, 3.63) is 35.4 Å². The van der Waals surface area contributed by atoms with Crippen LogP contribution < -0.4 is 0 Å². The highest BCUT2D eigenvalue weighted by Crippen LogP contribution is 2.67. The minimum absolute atomic E-state index is 0.00271. The van der Waals surface area contributed by atoms with Gasteiger partial charge in [0, 0.05) is 31.6 Å². The average molecular weight is 517 g/mol. The number of thioether (sulfide) groups is 1. The first-order valence-corrected chi connectivity index (χ1v) is 16.0. The number of amidine groups is 1. The number of carboxylic acid groups (broad SMARTS) is 1. The Kier molecular flexibility index (Phi) is 7.30. The summed E-state index contributed by atoms with van der Waals surface area (Å²) >= 11 is 1.07. The van der Waals surface area contributed by atoms with Gasteiger partial charge in [-0.3, -0.25) is 4.99 Å². The molecule has 1 N–H and O–H groups in total. The van der Waals surface area contributed by atoms with Crippen molar-refractivity contribution in [1.29, 1.82) is 0 Å². The van der Waals surface area contributed by atoms with E-state index in [4.69, 9.17) is 9.73 Å². The van der Waals surface area contributed by atoms with E-state index in [-0.39, 0.29) is 16.6 Å². The van der Waals surface area contributed by atoms with Crippen molar-refractivity contribution in [2.24, 2.45) is 16.3 Å². The average Bonchev–Trinajstić information content (AvgIpc) is 3.43. The van der Waals surface area contributed by atoms with Crippen LogP contribution in [-0.2, 0) is 10.3 Å². The van der Waals surface area contributed by atoms with Crippen LogP contribution in [0.2, 0.25) is 25.7 Å². The highest BCUT2D eigenvalue weighted by atomic mass is 32.2. The third-order valence-electron chi connectivity index (χ3n) is 6.56. The number of halogens is 3. The van der Waals surface area contributed by atoms with Gasteiger partial charge in [0.15, 0.2) is 16.8 Å². The monoisotopic (exact) mass is 516 g/mol. The standard InChI is InChI=1S/C24H35F3N2O3SSi/c1-22(2,3)19(32-11-12-34(5,6)7)29(21(30)31)20-28-23(4,17-13-24(17,14-25)33-20)15-9-8-10-16(26)18(15)27/h8-10,17,19H,11-14H2,1-7H3,(H,30,31)/t17-,19?,23+,24+/m0/s1. The molecule has 1 aromatic rings. The zero-order chi connectivity index (χ0) is 25.7. The number of nitrogens with zero attached hydrogens (tertiary/aromatic N) is 2. The van der Waals surface area contributed by atoms with Crippen molar-refractivity contribution >= 4 is 31.1 Å². The first kappa shape index (κ1) is 27.1. The van der Waals surface area contributed by atoms with Gasteiger partial charge in [0.25, 0.3) is 0 Å². The Morgan fingerprint density at radius 1 is 1.35 bits per heavy atom. The Balaban J connectivity index is 2.08. The van der Waals surface area contributed by atoms with E-state index in [1.807, 2.05) is 20.8 Å². The summed E-state index contributed by atoms with van der Waals surface area (Å²) in [4.78, 5) is 18.3. The van der Waals surface area contributed by atoms with Crippen molar-refractivity contribution in [1.82, 2.24) is 4.90 Å². The van der Waals surface area contributed by atoms with Crippen molar-refractivity contribution in [3.8, 4) is 0 Å². The topological polar surface area (TPSA) is 62.1 Å². The minimum Gasteiger partial charge on any atom is -0.465 e. The molecule has 1 fully saturated rings. The first-order valence-electron chi connectivity index (χ1n) is 11.5. The largest absolute Gasteiger partial charge is 0.465 e. The van der Waals surface area contributed by atoms with Gasteiger partial charge in [0.05, 0.1) is 10.3 Å². The summed E-state index contributed by atoms with van der Waals surface area (Å²) in [5.41, 5.74) is -1.93. The van der Waals surface area contributed by atoms with E-state index in [0.29, 0.717) is 13.0 Å². The quantitative estimate of drug-likeness (QED) is 0.323. The van der Waals surface area contributed by atoms with Crippen LogP contribution in [0.1, 0.15) is 39.7 Å². The minimum atomic E-state index is -1.44. The lowest BCUT2D eigenvalue weighted by Gasteiger charge is -2.42. The molecule has 10 heteroatoms. The second-order valence-corrected chi connectivity index (χ2v) is 18.8. The van der Waals surface area contributed by atoms with Gasteiger partial charge >= 0.3 is 6.09 Å². The molecular weight excluding hydrogens is 481 g/mol. The van der Waals surface area contributed by atoms with Crippen molar-refractivity contribution < 1.29 is 27.8 Å². The molecule has 3 rings (SSSR count). The molecule has 0 radical (unpaired) electrons. The lowest BCUT2D eigenvalue weighted by atomic mass is 9.85. The van der Waals surface area contributed by atoms with Crippen LogP contribution in [0.4, 0.5) is 18.0 Å². The number of ether oxygens (including phenoxy) is 1. The van der Waals surface area contributed by atoms with Gasteiger partial charge in [-0.25, -0.2) is 22.9 Å². The van der Waals surface area contributed by atoms with Gasteiger partial charge in [0.2, 0.25) is 0 Å². The number of amides is 1. The molecule has 4 atom stereocenters. The Morgan fingerprint density at radius 3 is 2.53 bits per heavy atom. The van der Waals surface area contributed by atoms with Crippen LogP contribution in [-0.4, -0.2) is 53.6 Å². The summed E-state index contributed by atoms with van der Waals surface area (Å²) in [5, 5.41) is 10.3. The molecule has 1 aliphatic heterocycles. The first-order chi connectivity index (χ1) is 15.6. The molecule has 1 aromatic carbocycles. The van der Waals surface area contributed by atoms with E-state index in [1.165, 1.54) is 12.1 Å². The Bertz CT molecular complexity index is 981. The van der Waals surface area contributed by atoms with Crippen LogP contribution in [0.3, 0.4) is 0 Å². The van der Waals surface area contributed by atoms with Gasteiger partial charge in [-0.15, -0.1) is 0 Å². The van der Waals surface area contributed by atoms with Gasteiger partial charge in [-0.05, 0) is 25.5 Å². The van der Waals surface area contributed by atoms with E-state index in [9.17, 15) is 23.1 Å². The van der Waals surface area contributed by atoms with Crippen molar-refractivity contribution in [2.45, 2.75) is 76.3 Å². The second kappa shape index (κ2) is 9.17. The summed E-state index contributed by atoms with van der Waals surface area (Å²) < 4.78 is 48.5. The molecule has 0 bridgehead atoms. The van der Waals surface area contributed by atoms with Gasteiger partial charge in [-0.1, -0.05) is 64.3 Å². The highest BCUT2D eigenvalue weighted by molar-refractivity contribution is 8.15. The van der Waals surface area contributed by atoms with E-state index in [0.717, 1.165) is 28.8 Å². The molecule has 1 saturated carbocycles. The Labute approximate surface area is 205 Å². The lowest BCUT2D eigenvalue weighted by Crippen LogP contribution is -2.53. The lowest BCUT2D eigenvalue weighted by molar-refractivity contribution is -0.0761. The third kappa shape index (κ3) is 5.18. The molecule has 1 aliphatic carbocycles. The van der Waals surface area contributed by atoms with Crippen LogP contribution in [0.5, 0.6) is 0 Å². The number of hydrogen-bond acceptors (Lipinski definition) is 4. The second-order valence-electron chi connectivity index (χ2n) is 11.8. The predicted octanol–water partition coefficient (Wildman–Crippen LogP) is 6.72. The molecule has 5 nitrogen and oxygen atoms in total. The molecular formula is C24H35F3N2O3SSi. The summed E-state index contributed by atoms with van der Waals surface area (Å²) in [6, 6.07) is 4.69. The number of benzene rings is 1. The highest BCUT2D eigenvalue weighted by Gasteiger charge is 2.68. The third-order valence-corrected chi connectivity index (χ3v) is 9.71. The van der Waals surface area contributed by atoms with Crippen LogP contribution >= 0.6 is 11.8 Å². The number of carbonyl (C=O) groups is 1. The SMILES string of the molecule is CC(C)(C)C(OCC[Si](C)(C)C)N(C(=O)O)C1=N[C@](C)(c2cccc(F)c2F)[C@@H]2C[C@]2(CF)S1. The fraction of sp³-hybridized carbons (Fsp3) is 0.667. The predicted molar refractivity (Wildman–Crippen MR) is 133 cm³/mol. The fourth-order valence-corrected chi connectivity index (χ4v) is 6.76. The zero-order valence-corrected chi connectivity index (χ0v) is 22.7. The maximum absolute atomic E-state index is 14.9. The summed E-state index contributed by atoms with van der Waals surface area (Å²) in [5.74, 6) is -2.44. The van der Waals surface area contributed by atoms with Crippen LogP contribution in [0.25, 0.3) is 0 Å². The molecule has 1 unspecified atom stereocenters. The smallest absolute Gasteiger partial charge is 0.415 e. The molecule has 0 spiro atoms. The summed E-state index contributed by atoms with van der Waals surface area (Å²) in [7, 11) is -1.44. The van der Waals surface area contributed by atoms with E-state index < -0.39 is 54.4 Å². The number of rotatable bonds is 7. The van der Waals surface area contributed by atoms with Crippen LogP contribution in [0.15, 0.2) is 23.2 Å². The van der Waals surface area contributed by atoms with Crippen molar-refractivity contribution in [2.75, 3.05) is 13.3 Å². The number of alkyl halides is 1. The maximum atomic E-state index is 14.9. The van der Waals surface area contributed by atoms with E-state index in [2.05, 4.69) is 19.6 Å². The van der Waals surface area contributed by atoms with Gasteiger partial charge in [-0.2, -0.15) is 0 Å². The molecule has 0 aromatic heterocycles. The van der Waals surface area contributed by atoms with Crippen LogP contribution in [0, 0.1) is 23.0 Å². The molecule has 1 heterocycles. The molecule has 2 aliphatic rings. The molecule has 1 amide bonds. The van der Waals surface area contributed by atoms with Gasteiger partial charge < -0.3 is 9.84 Å². The summed E-state index contributed by atoms with van der Waals surface area (Å²) in [6.07, 6.45) is -1.78. The number of fused-ring (bicyclic) bond motifs is 1. The van der Waals surface area contributed by atoms with Gasteiger partial charge in [0.1, 0.15) is 12.9 Å². The zero-order valence-electron chi connectivity index (χ0n) is 20.9. The number of hydrogen-bond donors (Lipinski definition) is 1. The Hall–Kier alpha value is -1.52. The van der Waals surface area contributed by atoms with E-state index >= 15 is 0 Å². The van der Waals surface area contributed by atoms with E-state index in [1.54, 1.807) is 6.92 Å². The fourth-order valence-electron chi connectivity index (χ4n) is 4.48. The maximum Gasteiger partial charge on any atom is 0.415 e. The normalized spacial score (nSPS) is 27.6. The molecule has 34 heavy (non-hydrogen) atoms. The molecule has 0 saturated heterocycles. The van der Waals surface area contributed by atoms with Crippen molar-refractivity contribution in [3.63, 3.8) is 0 Å². The summed E-state index contributed by atoms with van der Waals surface area (Å²) in [6.45, 7) is 13.5.